The van der Waals surface area contributed by atoms with Gasteiger partial charge in [0.25, 0.3) is 0 Å². The Balaban J connectivity index is 1.91. The highest BCUT2D eigenvalue weighted by Crippen LogP contribution is 2.47. The van der Waals surface area contributed by atoms with Crippen LogP contribution < -0.4 is 0 Å². The molecule has 1 saturated carbocycles. The van der Waals surface area contributed by atoms with E-state index in [0.717, 1.165) is 18.4 Å². The smallest absolute Gasteiger partial charge is 0.0926 e. The lowest BCUT2D eigenvalue weighted by molar-refractivity contribution is -0.129. The van der Waals surface area contributed by atoms with Crippen LogP contribution >= 0.6 is 23.2 Å². The van der Waals surface area contributed by atoms with Crippen molar-refractivity contribution in [1.29, 1.82) is 0 Å². The van der Waals surface area contributed by atoms with Crippen molar-refractivity contribution >= 4 is 23.2 Å². The van der Waals surface area contributed by atoms with Gasteiger partial charge in [0.15, 0.2) is 0 Å². The molecule has 0 aromatic heterocycles. The van der Waals surface area contributed by atoms with Crippen molar-refractivity contribution in [3.05, 3.63) is 33.8 Å². The van der Waals surface area contributed by atoms with Gasteiger partial charge in [-0.3, -0.25) is 0 Å². The molecule has 2 saturated heterocycles. The SMILES string of the molecule is CN1C2CC1CC(O)(c1ccc(Cl)c(Cl)c1)C2. The molecule has 4 heteroatoms. The first-order chi connectivity index (χ1) is 7.99. The molecule has 0 amide bonds. The van der Waals surface area contributed by atoms with Crippen LogP contribution in [0.2, 0.25) is 10.0 Å². The van der Waals surface area contributed by atoms with E-state index >= 15 is 0 Å². The lowest BCUT2D eigenvalue weighted by Crippen LogP contribution is -2.62. The summed E-state index contributed by atoms with van der Waals surface area (Å²) in [6, 6.07) is 6.47. The first kappa shape index (κ1) is 11.8. The van der Waals surface area contributed by atoms with Crippen molar-refractivity contribution in [1.82, 2.24) is 4.90 Å². The Morgan fingerprint density at radius 1 is 1.24 bits per heavy atom. The first-order valence-corrected chi connectivity index (χ1v) is 6.65. The summed E-state index contributed by atoms with van der Waals surface area (Å²) in [6.45, 7) is 0. The van der Waals surface area contributed by atoms with Gasteiger partial charge in [0.05, 0.1) is 15.6 Å². The van der Waals surface area contributed by atoms with E-state index in [1.54, 1.807) is 12.1 Å². The fourth-order valence-electron chi connectivity index (χ4n) is 3.15. The molecule has 0 radical (unpaired) electrons. The standard InChI is InChI=1S/C13H15Cl2NO/c1-16-9-5-10(16)7-13(17,6-9)8-2-3-11(14)12(15)4-8/h2-4,9-10,17H,5-7H2,1H3. The largest absolute Gasteiger partial charge is 0.385 e. The summed E-state index contributed by atoms with van der Waals surface area (Å²) in [6.07, 6.45) is 2.79. The fourth-order valence-corrected chi connectivity index (χ4v) is 3.44. The van der Waals surface area contributed by atoms with Crippen LogP contribution in [0.5, 0.6) is 0 Å². The molecular weight excluding hydrogens is 257 g/mol. The van der Waals surface area contributed by atoms with Crippen molar-refractivity contribution < 1.29 is 5.11 Å². The normalized spacial score (nSPS) is 36.7. The minimum absolute atomic E-state index is 0.508. The zero-order valence-electron chi connectivity index (χ0n) is 9.66. The molecule has 4 rings (SSSR count). The highest BCUT2D eigenvalue weighted by molar-refractivity contribution is 6.42. The number of nitrogens with zero attached hydrogens (tertiary/aromatic N) is 1. The maximum atomic E-state index is 10.7. The number of hydrogen-bond donors (Lipinski definition) is 1. The number of benzene rings is 1. The molecule has 2 nitrogen and oxygen atoms in total. The molecule has 92 valence electrons. The van der Waals surface area contributed by atoms with Crippen LogP contribution in [0.1, 0.15) is 24.8 Å². The number of piperidine rings is 1. The Hall–Kier alpha value is -0.280. The third-order valence-electron chi connectivity index (χ3n) is 4.30. The summed E-state index contributed by atoms with van der Waals surface area (Å²) in [5, 5.41) is 11.8. The average molecular weight is 272 g/mol. The maximum Gasteiger partial charge on any atom is 0.0926 e. The van der Waals surface area contributed by atoms with E-state index in [-0.39, 0.29) is 0 Å². The third kappa shape index (κ3) is 1.78. The molecule has 2 bridgehead atoms. The number of aliphatic hydroxyl groups is 1. The molecule has 3 aliphatic rings. The molecule has 2 atom stereocenters. The molecule has 2 heterocycles. The second-order valence-corrected chi connectivity index (χ2v) is 6.09. The van der Waals surface area contributed by atoms with Gasteiger partial charge in [-0.2, -0.15) is 0 Å². The number of fused-ring (bicyclic) bond motifs is 2. The highest BCUT2D eigenvalue weighted by atomic mass is 35.5. The van der Waals surface area contributed by atoms with Crippen LogP contribution in [0, 0.1) is 0 Å². The minimum atomic E-state index is -0.728. The molecule has 1 aromatic rings. The molecular formula is C13H15Cl2NO. The highest BCUT2D eigenvalue weighted by Gasteiger charge is 2.50. The van der Waals surface area contributed by atoms with E-state index in [1.165, 1.54) is 6.42 Å². The number of rotatable bonds is 1. The fraction of sp³-hybridized carbons (Fsp3) is 0.538. The Morgan fingerprint density at radius 3 is 2.41 bits per heavy atom. The molecule has 1 N–H and O–H groups in total. The summed E-state index contributed by atoms with van der Waals surface area (Å²) in [5.74, 6) is 0. The summed E-state index contributed by atoms with van der Waals surface area (Å²) >= 11 is 11.9. The van der Waals surface area contributed by atoms with Crippen molar-refractivity contribution in [2.24, 2.45) is 0 Å². The zero-order chi connectivity index (χ0) is 12.2. The van der Waals surface area contributed by atoms with Crippen molar-refractivity contribution in [2.75, 3.05) is 7.05 Å². The van der Waals surface area contributed by atoms with Gasteiger partial charge in [0.1, 0.15) is 0 Å². The molecule has 0 spiro atoms. The van der Waals surface area contributed by atoms with Crippen LogP contribution in [0.4, 0.5) is 0 Å². The Morgan fingerprint density at radius 2 is 1.88 bits per heavy atom. The summed E-state index contributed by atoms with van der Waals surface area (Å²) in [4.78, 5) is 2.35. The lowest BCUT2D eigenvalue weighted by Gasteiger charge is -2.56. The predicted molar refractivity (Wildman–Crippen MR) is 69.5 cm³/mol. The van der Waals surface area contributed by atoms with E-state index in [2.05, 4.69) is 11.9 Å². The van der Waals surface area contributed by atoms with E-state index in [4.69, 9.17) is 23.2 Å². The topological polar surface area (TPSA) is 23.5 Å². The van der Waals surface area contributed by atoms with E-state index in [9.17, 15) is 5.11 Å². The van der Waals surface area contributed by atoms with Crippen molar-refractivity contribution in [2.45, 2.75) is 36.9 Å². The van der Waals surface area contributed by atoms with E-state index < -0.39 is 5.60 Å². The lowest BCUT2D eigenvalue weighted by atomic mass is 9.68. The number of halogens is 2. The summed E-state index contributed by atoms with van der Waals surface area (Å²) < 4.78 is 0. The van der Waals surface area contributed by atoms with Crippen LogP contribution in [-0.4, -0.2) is 29.1 Å². The molecule has 2 aliphatic heterocycles. The van der Waals surface area contributed by atoms with Gasteiger partial charge >= 0.3 is 0 Å². The van der Waals surface area contributed by atoms with Gasteiger partial charge in [-0.05, 0) is 44.0 Å². The third-order valence-corrected chi connectivity index (χ3v) is 5.04. The van der Waals surface area contributed by atoms with Crippen molar-refractivity contribution in [3.8, 4) is 0 Å². The maximum absolute atomic E-state index is 10.7. The van der Waals surface area contributed by atoms with Gasteiger partial charge in [-0.25, -0.2) is 0 Å². The predicted octanol–water partition coefficient (Wildman–Crippen LogP) is 3.05. The Labute approximate surface area is 111 Å². The Bertz CT molecular complexity index is 451. The van der Waals surface area contributed by atoms with Crippen LogP contribution in [-0.2, 0) is 5.60 Å². The quantitative estimate of drug-likeness (QED) is 0.849. The minimum Gasteiger partial charge on any atom is -0.385 e. The second kappa shape index (κ2) is 3.86. The number of hydrogen-bond acceptors (Lipinski definition) is 2. The molecule has 2 unspecified atom stereocenters. The van der Waals surface area contributed by atoms with Gasteiger partial charge in [0, 0.05) is 12.1 Å². The van der Waals surface area contributed by atoms with E-state index in [0.29, 0.717) is 22.1 Å². The van der Waals surface area contributed by atoms with Crippen LogP contribution in [0.15, 0.2) is 18.2 Å². The molecule has 3 fully saturated rings. The van der Waals surface area contributed by atoms with Gasteiger partial charge in [-0.15, -0.1) is 0 Å². The monoisotopic (exact) mass is 271 g/mol. The van der Waals surface area contributed by atoms with Gasteiger partial charge < -0.3 is 10.0 Å². The van der Waals surface area contributed by atoms with Crippen LogP contribution in [0.25, 0.3) is 0 Å². The summed E-state index contributed by atoms with van der Waals surface area (Å²) in [5.41, 5.74) is 0.170. The van der Waals surface area contributed by atoms with Crippen molar-refractivity contribution in [3.63, 3.8) is 0 Å². The zero-order valence-corrected chi connectivity index (χ0v) is 11.2. The van der Waals surface area contributed by atoms with Gasteiger partial charge in [0.2, 0.25) is 0 Å². The first-order valence-electron chi connectivity index (χ1n) is 5.89. The average Bonchev–Trinajstić information content (AvgIpc) is 2.32. The Kier molecular flexibility index (Phi) is 2.67. The van der Waals surface area contributed by atoms with E-state index in [1.807, 2.05) is 6.07 Å². The molecule has 1 aromatic carbocycles. The second-order valence-electron chi connectivity index (χ2n) is 5.28. The van der Waals surface area contributed by atoms with Gasteiger partial charge in [-0.1, -0.05) is 29.3 Å². The summed E-state index contributed by atoms with van der Waals surface area (Å²) in [7, 11) is 2.13. The van der Waals surface area contributed by atoms with Crippen LogP contribution in [0.3, 0.4) is 0 Å². The molecule has 1 aliphatic carbocycles. The molecule has 17 heavy (non-hydrogen) atoms.